The van der Waals surface area contributed by atoms with Crippen LogP contribution in [0, 0.1) is 17.3 Å². The van der Waals surface area contributed by atoms with Gasteiger partial charge in [-0.05, 0) is 142 Å². The number of hydrogen-bond donors (Lipinski definition) is 0. The summed E-state index contributed by atoms with van der Waals surface area (Å²) >= 11 is 0. The molecule has 2 saturated carbocycles. The van der Waals surface area contributed by atoms with E-state index in [-0.39, 0.29) is 29.4 Å². The highest BCUT2D eigenvalue weighted by Gasteiger charge is 2.47. The smallest absolute Gasteiger partial charge is 0.0615 e. The van der Waals surface area contributed by atoms with Gasteiger partial charge in [-0.25, -0.2) is 0 Å². The lowest BCUT2D eigenvalue weighted by atomic mass is 9.60. The molecule has 0 amide bonds. The molecule has 1 saturated heterocycles. The maximum Gasteiger partial charge on any atom is 0.0615 e. The molecule has 39 heavy (non-hydrogen) atoms. The van der Waals surface area contributed by atoms with Gasteiger partial charge in [-0.15, -0.1) is 10.3 Å². The second kappa shape index (κ2) is 13.8. The Morgan fingerprint density at radius 2 is 1.13 bits per heavy atom. The fourth-order valence-corrected chi connectivity index (χ4v) is 8.26. The molecule has 1 aliphatic heterocycles. The minimum atomic E-state index is -0.389. The Balaban J connectivity index is 1.42. The average Bonchev–Trinajstić information content (AvgIpc) is 2.87. The van der Waals surface area contributed by atoms with Gasteiger partial charge in [0.05, 0.1) is 36.6 Å². The van der Waals surface area contributed by atoms with Crippen molar-refractivity contribution >= 4 is 0 Å². The summed E-state index contributed by atoms with van der Waals surface area (Å²) in [6.07, 6.45) is 16.4. The third-order valence-corrected chi connectivity index (χ3v) is 10.9. The second-order valence-corrected chi connectivity index (χ2v) is 15.4. The van der Waals surface area contributed by atoms with Crippen LogP contribution < -0.4 is 0 Å². The summed E-state index contributed by atoms with van der Waals surface area (Å²) in [5.41, 5.74) is -0.375. The monoisotopic (exact) mass is 550 g/mol. The lowest BCUT2D eigenvalue weighted by Crippen LogP contribution is -2.60. The van der Waals surface area contributed by atoms with Crippen LogP contribution in [0.3, 0.4) is 0 Å². The van der Waals surface area contributed by atoms with Crippen molar-refractivity contribution in [1.29, 1.82) is 0 Å². The first-order valence-electron chi connectivity index (χ1n) is 16.6. The zero-order chi connectivity index (χ0) is 29.0. The third-order valence-electron chi connectivity index (χ3n) is 10.9. The molecule has 1 heterocycles. The molecule has 5 nitrogen and oxygen atoms in total. The van der Waals surface area contributed by atoms with E-state index in [2.05, 4.69) is 69.2 Å². The number of piperidine rings is 1. The Bertz CT molecular complexity index is 703. The number of hydroxylamine groups is 2. The molecule has 3 fully saturated rings. The van der Waals surface area contributed by atoms with E-state index in [4.69, 9.17) is 14.2 Å². The van der Waals surface area contributed by atoms with Crippen molar-refractivity contribution in [1.82, 2.24) is 5.06 Å². The van der Waals surface area contributed by atoms with E-state index in [1.54, 1.807) is 0 Å². The van der Waals surface area contributed by atoms with E-state index in [1.807, 2.05) is 0 Å². The Labute approximate surface area is 242 Å². The minimum absolute atomic E-state index is 0.131. The fraction of sp³-hybridized carbons (Fsp3) is 1.00. The standard InChI is InChI=1S/C34H64NO4/c1-11-24(3)37-29-17-13-26(14-18-29)34(9,10)27-15-19-30(20-16-27)38-25(4)21-28(12-2)39-31-22-32(5,6)35(36)33(7,8)23-31/h24-31H,11-23H2,1-10H3. The topological polar surface area (TPSA) is 50.8 Å². The summed E-state index contributed by atoms with van der Waals surface area (Å²) in [5, 5.41) is 14.0. The first kappa shape index (κ1) is 33.3. The van der Waals surface area contributed by atoms with Gasteiger partial charge in [-0.2, -0.15) is 0 Å². The molecule has 229 valence electrons. The van der Waals surface area contributed by atoms with Crippen LogP contribution >= 0.6 is 0 Å². The van der Waals surface area contributed by atoms with Crippen LogP contribution in [0.5, 0.6) is 0 Å². The van der Waals surface area contributed by atoms with Crippen LogP contribution in [-0.2, 0) is 19.4 Å². The van der Waals surface area contributed by atoms with E-state index < -0.39 is 0 Å². The van der Waals surface area contributed by atoms with Crippen LogP contribution in [0.2, 0.25) is 0 Å². The van der Waals surface area contributed by atoms with Crippen molar-refractivity contribution in [3.05, 3.63) is 0 Å². The van der Waals surface area contributed by atoms with Gasteiger partial charge < -0.3 is 14.2 Å². The molecule has 5 heteroatoms. The highest BCUT2D eigenvalue weighted by Crippen LogP contribution is 2.49. The summed E-state index contributed by atoms with van der Waals surface area (Å²) < 4.78 is 19.5. The number of ether oxygens (including phenoxy) is 3. The van der Waals surface area contributed by atoms with Crippen molar-refractivity contribution < 1.29 is 19.4 Å². The highest BCUT2D eigenvalue weighted by molar-refractivity contribution is 4.97. The van der Waals surface area contributed by atoms with Crippen molar-refractivity contribution in [3.63, 3.8) is 0 Å². The molecule has 3 aliphatic rings. The molecule has 0 aromatic heterocycles. The van der Waals surface area contributed by atoms with Gasteiger partial charge in [-0.1, -0.05) is 27.7 Å². The highest BCUT2D eigenvalue weighted by atomic mass is 16.5. The predicted octanol–water partition coefficient (Wildman–Crippen LogP) is 8.90. The number of rotatable bonds is 12. The van der Waals surface area contributed by atoms with Crippen molar-refractivity contribution in [3.8, 4) is 0 Å². The molecule has 3 unspecified atom stereocenters. The van der Waals surface area contributed by atoms with Gasteiger partial charge in [0.2, 0.25) is 0 Å². The maximum atomic E-state index is 12.7. The molecule has 0 aromatic rings. The fourth-order valence-electron chi connectivity index (χ4n) is 8.26. The lowest BCUT2D eigenvalue weighted by molar-refractivity contribution is -0.303. The molecule has 2 aliphatic carbocycles. The van der Waals surface area contributed by atoms with Gasteiger partial charge in [0, 0.05) is 11.1 Å². The summed E-state index contributed by atoms with van der Waals surface area (Å²) in [7, 11) is 0. The van der Waals surface area contributed by atoms with E-state index in [1.165, 1.54) is 56.4 Å². The quantitative estimate of drug-likeness (QED) is 0.243. The maximum absolute atomic E-state index is 12.7. The summed E-state index contributed by atoms with van der Waals surface area (Å²) in [5.74, 6) is 1.62. The van der Waals surface area contributed by atoms with E-state index in [9.17, 15) is 5.21 Å². The summed E-state index contributed by atoms with van der Waals surface area (Å²) in [6, 6.07) is 0. The second-order valence-electron chi connectivity index (χ2n) is 15.4. The first-order chi connectivity index (χ1) is 18.2. The molecule has 0 spiro atoms. The van der Waals surface area contributed by atoms with Crippen molar-refractivity contribution in [2.75, 3.05) is 0 Å². The predicted molar refractivity (Wildman–Crippen MR) is 160 cm³/mol. The first-order valence-corrected chi connectivity index (χ1v) is 16.6. The Hall–Kier alpha value is -0.200. The zero-order valence-corrected chi connectivity index (χ0v) is 27.4. The lowest BCUT2D eigenvalue weighted by Gasteiger charge is -2.50. The number of hydrogen-bond acceptors (Lipinski definition) is 4. The molecule has 1 radical (unpaired) electrons. The SMILES string of the molecule is CCC(C)OC1CCC(C(C)(C)C2CCC(OC(C)CC(CC)OC3CC(C)(C)N([O])C(C)(C)C3)CC2)CC1. The summed E-state index contributed by atoms with van der Waals surface area (Å²) in [6.45, 7) is 22.2. The van der Waals surface area contributed by atoms with Crippen molar-refractivity contribution in [2.24, 2.45) is 17.3 Å². The summed E-state index contributed by atoms with van der Waals surface area (Å²) in [4.78, 5) is 0. The van der Waals surface area contributed by atoms with E-state index in [0.717, 1.165) is 43.9 Å². The molecular formula is C34H64NO4. The third kappa shape index (κ3) is 8.89. The van der Waals surface area contributed by atoms with Gasteiger partial charge >= 0.3 is 0 Å². The van der Waals surface area contributed by atoms with E-state index in [0.29, 0.717) is 23.7 Å². The van der Waals surface area contributed by atoms with Crippen LogP contribution in [0.25, 0.3) is 0 Å². The van der Waals surface area contributed by atoms with Gasteiger partial charge in [0.15, 0.2) is 0 Å². The number of nitrogens with zero attached hydrogens (tertiary/aromatic N) is 1. The Morgan fingerprint density at radius 3 is 1.54 bits per heavy atom. The van der Waals surface area contributed by atoms with Crippen LogP contribution in [-0.4, -0.2) is 52.8 Å². The van der Waals surface area contributed by atoms with E-state index >= 15 is 0 Å². The van der Waals surface area contributed by atoms with Crippen LogP contribution in [0.4, 0.5) is 0 Å². The molecule has 0 aromatic carbocycles. The molecule has 0 N–H and O–H groups in total. The molecule has 3 atom stereocenters. The zero-order valence-electron chi connectivity index (χ0n) is 27.4. The Morgan fingerprint density at radius 1 is 0.692 bits per heavy atom. The van der Waals surface area contributed by atoms with Crippen molar-refractivity contribution in [2.45, 2.75) is 200 Å². The van der Waals surface area contributed by atoms with Crippen LogP contribution in [0.1, 0.15) is 153 Å². The van der Waals surface area contributed by atoms with Gasteiger partial charge in [0.1, 0.15) is 0 Å². The molecular weight excluding hydrogens is 486 g/mol. The molecule has 3 rings (SSSR count). The normalized spacial score (nSPS) is 33.0. The van der Waals surface area contributed by atoms with Crippen LogP contribution in [0.15, 0.2) is 0 Å². The van der Waals surface area contributed by atoms with Gasteiger partial charge in [0.25, 0.3) is 0 Å². The van der Waals surface area contributed by atoms with Gasteiger partial charge in [-0.3, -0.25) is 0 Å². The molecule has 0 bridgehead atoms. The Kier molecular flexibility index (Phi) is 11.8. The average molecular weight is 551 g/mol. The minimum Gasteiger partial charge on any atom is -0.375 e. The largest absolute Gasteiger partial charge is 0.375 e.